The Morgan fingerprint density at radius 3 is 0.903 bits per heavy atom. The highest BCUT2D eigenvalue weighted by Gasteiger charge is 2.08. The third-order valence-electron chi connectivity index (χ3n) is 7.20. The molecule has 1 nitrogen and oxygen atoms in total. The topological polar surface area (TPSA) is 20.2 Å². The van der Waals surface area contributed by atoms with Gasteiger partial charge < -0.3 is 5.11 Å². The summed E-state index contributed by atoms with van der Waals surface area (Å²) >= 11 is 0. The summed E-state index contributed by atoms with van der Waals surface area (Å²) in [6.45, 7) is 4.98. The Kier molecular flexibility index (Phi) is 28.0. The second-order valence-corrected chi connectivity index (χ2v) is 10.4. The van der Waals surface area contributed by atoms with Gasteiger partial charge in [-0.3, -0.25) is 0 Å². The number of unbranched alkanes of at least 4 members (excludes halogenated alkanes) is 20. The predicted molar refractivity (Wildman–Crippen MR) is 142 cm³/mol. The maximum atomic E-state index is 9.23. The fourth-order valence-corrected chi connectivity index (χ4v) is 5.01. The summed E-state index contributed by atoms with van der Waals surface area (Å²) in [6.07, 6.45) is 36.7. The van der Waals surface area contributed by atoms with E-state index in [2.05, 4.69) is 13.8 Å². The zero-order valence-corrected chi connectivity index (χ0v) is 22.1. The molecule has 0 aromatic carbocycles. The van der Waals surface area contributed by atoms with Crippen molar-refractivity contribution in [1.29, 1.82) is 0 Å². The summed E-state index contributed by atoms with van der Waals surface area (Å²) in [6, 6.07) is 0. The third kappa shape index (κ3) is 26.1. The van der Waals surface area contributed by atoms with Gasteiger partial charge in [0.05, 0.1) is 0 Å². The van der Waals surface area contributed by atoms with Crippen LogP contribution in [0.25, 0.3) is 0 Å². The van der Waals surface area contributed by atoms with Gasteiger partial charge in [-0.15, -0.1) is 0 Å². The molecule has 0 saturated heterocycles. The van der Waals surface area contributed by atoms with Crippen LogP contribution in [0.1, 0.15) is 181 Å². The fraction of sp³-hybridized carbons (Fsp3) is 1.00. The molecule has 0 aromatic heterocycles. The lowest BCUT2D eigenvalue weighted by Gasteiger charge is -2.16. The molecule has 0 spiro atoms. The fourth-order valence-electron chi connectivity index (χ4n) is 5.01. The van der Waals surface area contributed by atoms with Gasteiger partial charge >= 0.3 is 0 Å². The van der Waals surface area contributed by atoms with Crippen LogP contribution in [0.2, 0.25) is 0 Å². The normalized spacial score (nSPS) is 12.5. The van der Waals surface area contributed by atoms with Gasteiger partial charge in [-0.05, 0) is 18.8 Å². The molecule has 0 aliphatic carbocycles. The Morgan fingerprint density at radius 2 is 0.613 bits per heavy atom. The molecule has 1 atom stereocenters. The van der Waals surface area contributed by atoms with E-state index >= 15 is 0 Å². The minimum Gasteiger partial charge on any atom is -0.396 e. The van der Waals surface area contributed by atoms with Crippen LogP contribution in [0.4, 0.5) is 0 Å². The molecule has 0 rings (SSSR count). The van der Waals surface area contributed by atoms with Gasteiger partial charge in [-0.25, -0.2) is 0 Å². The molecule has 1 unspecified atom stereocenters. The molecule has 0 bridgehead atoms. The molecule has 0 aliphatic rings. The van der Waals surface area contributed by atoms with Crippen molar-refractivity contribution in [1.82, 2.24) is 0 Å². The lowest BCUT2D eigenvalue weighted by molar-refractivity contribution is 0.261. The molecule has 0 aromatic rings. The maximum absolute atomic E-state index is 9.23. The molecule has 188 valence electrons. The molecular formula is C30H62O. The Bertz CT molecular complexity index is 301. The summed E-state index contributed by atoms with van der Waals surface area (Å²) in [4.78, 5) is 0. The van der Waals surface area contributed by atoms with Crippen LogP contribution in [-0.4, -0.2) is 11.7 Å². The third-order valence-corrected chi connectivity index (χ3v) is 7.20. The van der Waals surface area contributed by atoms with Crippen LogP contribution in [0.5, 0.6) is 0 Å². The predicted octanol–water partition coefficient (Wildman–Crippen LogP) is 10.8. The average molecular weight is 439 g/mol. The first-order valence-electron chi connectivity index (χ1n) is 15.0. The van der Waals surface area contributed by atoms with Crippen LogP contribution in [0.3, 0.4) is 0 Å². The molecule has 0 fully saturated rings. The Balaban J connectivity index is 3.50. The minimum absolute atomic E-state index is 0.382. The zero-order chi connectivity index (χ0) is 22.7. The van der Waals surface area contributed by atoms with E-state index in [1.165, 1.54) is 161 Å². The van der Waals surface area contributed by atoms with Gasteiger partial charge in [-0.1, -0.05) is 168 Å². The van der Waals surface area contributed by atoms with E-state index < -0.39 is 0 Å². The van der Waals surface area contributed by atoms with Crippen molar-refractivity contribution in [3.05, 3.63) is 0 Å². The zero-order valence-electron chi connectivity index (χ0n) is 22.1. The summed E-state index contributed by atoms with van der Waals surface area (Å²) in [5, 5.41) is 9.23. The second-order valence-electron chi connectivity index (χ2n) is 10.4. The molecule has 1 heteroatoms. The van der Waals surface area contributed by atoms with Gasteiger partial charge in [0.25, 0.3) is 0 Å². The minimum atomic E-state index is 0.382. The van der Waals surface area contributed by atoms with E-state index in [1.807, 2.05) is 0 Å². The molecule has 31 heavy (non-hydrogen) atoms. The SMILES string of the molecule is CCCCCCCCCCCCCCC(CCCO)CCCCCCCCCCCC. The number of rotatable bonds is 27. The summed E-state index contributed by atoms with van der Waals surface area (Å²) in [5.41, 5.74) is 0. The van der Waals surface area contributed by atoms with Crippen molar-refractivity contribution in [3.8, 4) is 0 Å². The number of aliphatic hydroxyl groups excluding tert-OH is 1. The van der Waals surface area contributed by atoms with Crippen LogP contribution in [-0.2, 0) is 0 Å². The quantitative estimate of drug-likeness (QED) is 0.126. The Labute approximate surface area is 198 Å². The first-order valence-corrected chi connectivity index (χ1v) is 15.0. The molecule has 0 amide bonds. The molecule has 0 radical (unpaired) electrons. The lowest BCUT2D eigenvalue weighted by atomic mass is 9.90. The molecular weight excluding hydrogens is 376 g/mol. The average Bonchev–Trinajstić information content (AvgIpc) is 2.78. The van der Waals surface area contributed by atoms with Gasteiger partial charge in [0.15, 0.2) is 0 Å². The van der Waals surface area contributed by atoms with Crippen molar-refractivity contribution in [2.75, 3.05) is 6.61 Å². The summed E-state index contributed by atoms with van der Waals surface area (Å²) < 4.78 is 0. The highest BCUT2D eigenvalue weighted by molar-refractivity contribution is 4.61. The highest BCUT2D eigenvalue weighted by Crippen LogP contribution is 2.23. The highest BCUT2D eigenvalue weighted by atomic mass is 16.2. The number of hydrogen-bond donors (Lipinski definition) is 1. The van der Waals surface area contributed by atoms with E-state index in [4.69, 9.17) is 0 Å². The standard InChI is InChI=1S/C30H62O/c1-3-5-7-9-11-13-15-16-18-20-22-24-27-30(28-25-29-31)26-23-21-19-17-14-12-10-8-6-4-2/h30-31H,3-29H2,1-2H3. The van der Waals surface area contributed by atoms with Gasteiger partial charge in [0.1, 0.15) is 0 Å². The summed E-state index contributed by atoms with van der Waals surface area (Å²) in [7, 11) is 0. The van der Waals surface area contributed by atoms with Crippen molar-refractivity contribution in [2.45, 2.75) is 181 Å². The lowest BCUT2D eigenvalue weighted by Crippen LogP contribution is -2.02. The van der Waals surface area contributed by atoms with Crippen LogP contribution < -0.4 is 0 Å². The van der Waals surface area contributed by atoms with Crippen molar-refractivity contribution < 1.29 is 5.11 Å². The molecule has 0 saturated carbocycles. The van der Waals surface area contributed by atoms with Crippen molar-refractivity contribution in [2.24, 2.45) is 5.92 Å². The maximum Gasteiger partial charge on any atom is 0.0431 e. The van der Waals surface area contributed by atoms with Crippen LogP contribution in [0, 0.1) is 5.92 Å². The largest absolute Gasteiger partial charge is 0.396 e. The van der Waals surface area contributed by atoms with Gasteiger partial charge in [0.2, 0.25) is 0 Å². The second kappa shape index (κ2) is 28.0. The monoisotopic (exact) mass is 438 g/mol. The van der Waals surface area contributed by atoms with Crippen LogP contribution >= 0.6 is 0 Å². The van der Waals surface area contributed by atoms with E-state index in [0.717, 1.165) is 12.3 Å². The van der Waals surface area contributed by atoms with Gasteiger partial charge in [0, 0.05) is 6.61 Å². The first-order chi connectivity index (χ1) is 15.3. The smallest absolute Gasteiger partial charge is 0.0431 e. The molecule has 0 aliphatic heterocycles. The first kappa shape index (κ1) is 31.0. The Hall–Kier alpha value is -0.0400. The van der Waals surface area contributed by atoms with E-state index in [-0.39, 0.29) is 0 Å². The van der Waals surface area contributed by atoms with E-state index in [9.17, 15) is 5.11 Å². The molecule has 1 N–H and O–H groups in total. The van der Waals surface area contributed by atoms with Gasteiger partial charge in [-0.2, -0.15) is 0 Å². The summed E-state index contributed by atoms with van der Waals surface area (Å²) in [5.74, 6) is 0.879. The number of aliphatic hydroxyl groups is 1. The Morgan fingerprint density at radius 1 is 0.355 bits per heavy atom. The van der Waals surface area contributed by atoms with Crippen molar-refractivity contribution >= 4 is 0 Å². The van der Waals surface area contributed by atoms with E-state index in [0.29, 0.717) is 6.61 Å². The van der Waals surface area contributed by atoms with Crippen molar-refractivity contribution in [3.63, 3.8) is 0 Å². The van der Waals surface area contributed by atoms with E-state index in [1.54, 1.807) is 0 Å². The van der Waals surface area contributed by atoms with Crippen LogP contribution in [0.15, 0.2) is 0 Å². The number of hydrogen-bond acceptors (Lipinski definition) is 1. The molecule has 0 heterocycles.